The molecule has 25 heavy (non-hydrogen) atoms. The van der Waals surface area contributed by atoms with E-state index >= 15 is 0 Å². The minimum Gasteiger partial charge on any atom is -0.487 e. The number of aryl methyl sites for hydroxylation is 1. The minimum absolute atomic E-state index is 0.222. The molecule has 0 bridgehead atoms. The number of alkyl halides is 1. The van der Waals surface area contributed by atoms with E-state index in [1.807, 2.05) is 49.4 Å². The van der Waals surface area contributed by atoms with Crippen LogP contribution < -0.4 is 10.3 Å². The Hall–Kier alpha value is -1.49. The summed E-state index contributed by atoms with van der Waals surface area (Å²) < 4.78 is 7.78. The van der Waals surface area contributed by atoms with Crippen molar-refractivity contribution in [3.05, 3.63) is 85.7 Å². The molecule has 0 saturated carbocycles. The van der Waals surface area contributed by atoms with Gasteiger partial charge in [-0.2, -0.15) is 0 Å². The maximum absolute atomic E-state index is 12.9. The molecule has 2 atom stereocenters. The lowest BCUT2D eigenvalue weighted by atomic mass is 10.1. The van der Waals surface area contributed by atoms with Crippen LogP contribution in [0.25, 0.3) is 0 Å². The number of ether oxygens (including phenoxy) is 1. The lowest BCUT2D eigenvalue weighted by Gasteiger charge is -2.27. The molecule has 3 nitrogen and oxygen atoms in total. The Morgan fingerprint density at radius 3 is 2.68 bits per heavy atom. The Morgan fingerprint density at radius 1 is 1.28 bits per heavy atom. The van der Waals surface area contributed by atoms with E-state index in [0.717, 1.165) is 11.3 Å². The number of hydrogen-bond acceptors (Lipinski definition) is 2. The largest absolute Gasteiger partial charge is 0.487 e. The highest BCUT2D eigenvalue weighted by molar-refractivity contribution is 9.10. The molecule has 1 aliphatic carbocycles. The first-order valence-electron chi connectivity index (χ1n) is 7.75. The van der Waals surface area contributed by atoms with Crippen LogP contribution in [0.2, 0.25) is 0 Å². The highest BCUT2D eigenvalue weighted by atomic mass is 79.9. The molecule has 1 aromatic heterocycles. The molecule has 1 aromatic carbocycles. The number of rotatable bonds is 4. The summed E-state index contributed by atoms with van der Waals surface area (Å²) in [6, 6.07) is 11.2. The third-order valence-electron chi connectivity index (χ3n) is 3.99. The van der Waals surface area contributed by atoms with E-state index in [1.165, 1.54) is 0 Å². The second-order valence-electron chi connectivity index (χ2n) is 5.74. The summed E-state index contributed by atoms with van der Waals surface area (Å²) in [6.45, 7) is 2.22. The quantitative estimate of drug-likeness (QED) is 0.601. The summed E-state index contributed by atoms with van der Waals surface area (Å²) in [5.41, 5.74) is 1.54. The molecule has 0 radical (unpaired) electrons. The first-order chi connectivity index (χ1) is 12.0. The smallest absolute Gasteiger partial charge is 0.269 e. The Labute approximate surface area is 164 Å². The fraction of sp³-hybridized carbons (Fsp3) is 0.211. The predicted molar refractivity (Wildman–Crippen MR) is 106 cm³/mol. The maximum atomic E-state index is 12.9. The van der Waals surface area contributed by atoms with Gasteiger partial charge in [0.1, 0.15) is 16.8 Å². The molecular formula is C19H16BrCl2NO2. The van der Waals surface area contributed by atoms with Gasteiger partial charge in [-0.15, -0.1) is 11.6 Å². The molecule has 2 unspecified atom stereocenters. The Kier molecular flexibility index (Phi) is 5.72. The van der Waals surface area contributed by atoms with E-state index in [9.17, 15) is 4.79 Å². The molecule has 0 amide bonds. The van der Waals surface area contributed by atoms with E-state index in [0.29, 0.717) is 21.9 Å². The molecule has 1 aliphatic rings. The zero-order valence-electron chi connectivity index (χ0n) is 13.5. The summed E-state index contributed by atoms with van der Waals surface area (Å²) in [5.74, 6) is 0.500. The number of aromatic nitrogens is 1. The van der Waals surface area contributed by atoms with Crippen molar-refractivity contribution in [2.24, 2.45) is 0 Å². The van der Waals surface area contributed by atoms with Gasteiger partial charge in [0, 0.05) is 16.8 Å². The topological polar surface area (TPSA) is 31.2 Å². The van der Waals surface area contributed by atoms with Crippen LogP contribution in [-0.4, -0.2) is 9.94 Å². The van der Waals surface area contributed by atoms with Gasteiger partial charge in [-0.25, -0.2) is 0 Å². The standard InChI is InChI=1S/C19H16BrCl2NO2/c1-12-10-16(25-11-13-6-3-2-4-7-13)17(20)19(24)23(12)18-14(21)8-5-9-15(18)22/h2-10,14,18H,11H2,1H3. The van der Waals surface area contributed by atoms with Crippen LogP contribution >= 0.6 is 39.1 Å². The summed E-state index contributed by atoms with van der Waals surface area (Å²) in [4.78, 5) is 12.9. The number of nitrogens with zero attached hydrogens (tertiary/aromatic N) is 1. The van der Waals surface area contributed by atoms with Gasteiger partial charge >= 0.3 is 0 Å². The fourth-order valence-electron chi connectivity index (χ4n) is 2.76. The van der Waals surface area contributed by atoms with Crippen LogP contribution in [0.5, 0.6) is 5.75 Å². The third kappa shape index (κ3) is 3.86. The minimum atomic E-state index is -0.430. The highest BCUT2D eigenvalue weighted by Crippen LogP contribution is 2.34. The lowest BCUT2D eigenvalue weighted by molar-refractivity contribution is 0.302. The molecule has 0 fully saturated rings. The van der Waals surface area contributed by atoms with E-state index < -0.39 is 11.4 Å². The molecule has 0 N–H and O–H groups in total. The number of pyridine rings is 1. The van der Waals surface area contributed by atoms with Gasteiger partial charge in [-0.05, 0) is 34.5 Å². The van der Waals surface area contributed by atoms with Crippen molar-refractivity contribution in [2.75, 3.05) is 0 Å². The van der Waals surface area contributed by atoms with Gasteiger partial charge in [0.2, 0.25) is 0 Å². The van der Waals surface area contributed by atoms with Crippen LogP contribution in [0, 0.1) is 6.92 Å². The van der Waals surface area contributed by atoms with Crippen LogP contribution in [0.3, 0.4) is 0 Å². The Balaban J connectivity index is 1.93. The Morgan fingerprint density at radius 2 is 2.00 bits per heavy atom. The zero-order valence-corrected chi connectivity index (χ0v) is 16.6. The van der Waals surface area contributed by atoms with Crippen molar-refractivity contribution in [1.29, 1.82) is 0 Å². The average molecular weight is 441 g/mol. The molecule has 3 rings (SSSR count). The first kappa shape index (κ1) is 18.3. The van der Waals surface area contributed by atoms with Crippen LogP contribution in [-0.2, 0) is 6.61 Å². The number of halogens is 3. The van der Waals surface area contributed by atoms with Gasteiger partial charge in [-0.3, -0.25) is 4.79 Å². The van der Waals surface area contributed by atoms with Crippen LogP contribution in [0.1, 0.15) is 17.3 Å². The van der Waals surface area contributed by atoms with Gasteiger partial charge in [-0.1, -0.05) is 54.1 Å². The summed E-state index contributed by atoms with van der Waals surface area (Å²) >= 11 is 16.0. The van der Waals surface area contributed by atoms with E-state index in [-0.39, 0.29) is 5.56 Å². The van der Waals surface area contributed by atoms with Crippen molar-refractivity contribution >= 4 is 39.1 Å². The summed E-state index contributed by atoms with van der Waals surface area (Å²) in [7, 11) is 0. The number of benzene rings is 1. The van der Waals surface area contributed by atoms with Crippen LogP contribution in [0.15, 0.2) is 68.9 Å². The Bertz CT molecular complexity index is 890. The zero-order chi connectivity index (χ0) is 18.0. The van der Waals surface area contributed by atoms with Gasteiger partial charge < -0.3 is 9.30 Å². The highest BCUT2D eigenvalue weighted by Gasteiger charge is 2.28. The second-order valence-corrected chi connectivity index (χ2v) is 7.47. The molecule has 2 aromatic rings. The number of allylic oxidation sites excluding steroid dienone is 4. The molecule has 6 heteroatoms. The van der Waals surface area contributed by atoms with Crippen molar-refractivity contribution in [3.8, 4) is 5.75 Å². The summed E-state index contributed by atoms with van der Waals surface area (Å²) in [6.07, 6.45) is 5.37. The van der Waals surface area contributed by atoms with E-state index in [1.54, 1.807) is 16.7 Å². The third-order valence-corrected chi connectivity index (χ3v) is 5.46. The number of hydrogen-bond donors (Lipinski definition) is 0. The molecule has 130 valence electrons. The van der Waals surface area contributed by atoms with Crippen molar-refractivity contribution in [2.45, 2.75) is 24.9 Å². The van der Waals surface area contributed by atoms with Gasteiger partial charge in [0.15, 0.2) is 0 Å². The van der Waals surface area contributed by atoms with Crippen molar-refractivity contribution < 1.29 is 4.74 Å². The van der Waals surface area contributed by atoms with Gasteiger partial charge in [0.25, 0.3) is 5.56 Å². The first-order valence-corrected chi connectivity index (χ1v) is 9.36. The SMILES string of the molecule is Cc1cc(OCc2ccccc2)c(Br)c(=O)n1C1C(Cl)=CC=CC1Cl. The molecular weight excluding hydrogens is 425 g/mol. The lowest BCUT2D eigenvalue weighted by Crippen LogP contribution is -2.33. The molecule has 0 spiro atoms. The molecule has 1 heterocycles. The second kappa shape index (κ2) is 7.81. The normalized spacial score (nSPS) is 19.6. The maximum Gasteiger partial charge on any atom is 0.269 e. The average Bonchev–Trinajstić information content (AvgIpc) is 2.60. The van der Waals surface area contributed by atoms with Gasteiger partial charge in [0.05, 0.1) is 11.4 Å². The van der Waals surface area contributed by atoms with E-state index in [2.05, 4.69) is 15.9 Å². The monoisotopic (exact) mass is 439 g/mol. The molecule has 0 saturated heterocycles. The van der Waals surface area contributed by atoms with Crippen molar-refractivity contribution in [3.63, 3.8) is 0 Å². The van der Waals surface area contributed by atoms with E-state index in [4.69, 9.17) is 27.9 Å². The fourth-order valence-corrected chi connectivity index (χ4v) is 3.88. The van der Waals surface area contributed by atoms with Crippen molar-refractivity contribution in [1.82, 2.24) is 4.57 Å². The summed E-state index contributed by atoms with van der Waals surface area (Å²) in [5, 5.41) is 0.134. The molecule has 0 aliphatic heterocycles. The van der Waals surface area contributed by atoms with Crippen LogP contribution in [0.4, 0.5) is 0 Å². The predicted octanol–water partition coefficient (Wildman–Crippen LogP) is 5.34.